The van der Waals surface area contributed by atoms with Crippen molar-refractivity contribution in [3.05, 3.63) is 0 Å². The van der Waals surface area contributed by atoms with Crippen molar-refractivity contribution in [3.63, 3.8) is 0 Å². The molecule has 1 fully saturated rings. The molecule has 1 atom stereocenters. The van der Waals surface area contributed by atoms with Crippen LogP contribution in [-0.4, -0.2) is 42.4 Å². The largest absolute Gasteiger partial charge is 0.359 e. The molecule has 1 aliphatic heterocycles. The lowest BCUT2D eigenvalue weighted by molar-refractivity contribution is -0.125. The number of hydrogen-bond donors (Lipinski definition) is 1. The molecule has 16 heavy (non-hydrogen) atoms. The summed E-state index contributed by atoms with van der Waals surface area (Å²) in [6.45, 7) is 1.52. The molecule has 88 valence electrons. The SMILES string of the molecule is CNC(=O)C1CCCN(C(=NC#N)SC)C1. The van der Waals surface area contributed by atoms with E-state index in [-0.39, 0.29) is 11.8 Å². The Morgan fingerprint density at radius 1 is 1.69 bits per heavy atom. The maximum absolute atomic E-state index is 11.5. The Bertz CT molecular complexity index is 323. The summed E-state index contributed by atoms with van der Waals surface area (Å²) in [6, 6.07) is 0. The molecular formula is C10H16N4OS. The summed E-state index contributed by atoms with van der Waals surface area (Å²) in [6.07, 6.45) is 5.56. The van der Waals surface area contributed by atoms with Crippen LogP contribution in [0.3, 0.4) is 0 Å². The Morgan fingerprint density at radius 2 is 2.44 bits per heavy atom. The molecular weight excluding hydrogens is 224 g/mol. The van der Waals surface area contributed by atoms with Crippen molar-refractivity contribution >= 4 is 22.8 Å². The maximum atomic E-state index is 11.5. The van der Waals surface area contributed by atoms with Crippen LogP contribution in [0.4, 0.5) is 0 Å². The Kier molecular flexibility index (Phi) is 5.12. The van der Waals surface area contributed by atoms with Gasteiger partial charge in [-0.05, 0) is 19.1 Å². The van der Waals surface area contributed by atoms with Gasteiger partial charge in [-0.3, -0.25) is 4.79 Å². The molecule has 1 heterocycles. The molecule has 1 N–H and O–H groups in total. The molecule has 6 heteroatoms. The molecule has 0 aromatic rings. The maximum Gasteiger partial charge on any atom is 0.224 e. The predicted molar refractivity (Wildman–Crippen MR) is 64.9 cm³/mol. The van der Waals surface area contributed by atoms with Crippen LogP contribution in [0.5, 0.6) is 0 Å². The molecule has 0 aliphatic carbocycles. The smallest absolute Gasteiger partial charge is 0.224 e. The van der Waals surface area contributed by atoms with Crippen LogP contribution in [0.15, 0.2) is 4.99 Å². The second kappa shape index (κ2) is 6.38. The fourth-order valence-electron chi connectivity index (χ4n) is 1.86. The molecule has 1 unspecified atom stereocenters. The van der Waals surface area contributed by atoms with E-state index >= 15 is 0 Å². The number of nitrogens with one attached hydrogen (secondary N) is 1. The van der Waals surface area contributed by atoms with E-state index in [1.807, 2.05) is 11.2 Å². The third-order valence-corrected chi connectivity index (χ3v) is 3.35. The molecule has 0 spiro atoms. The third-order valence-electron chi connectivity index (χ3n) is 2.64. The quantitative estimate of drug-likeness (QED) is 0.415. The van der Waals surface area contributed by atoms with E-state index in [1.165, 1.54) is 11.8 Å². The second-order valence-electron chi connectivity index (χ2n) is 3.60. The Labute approximate surface area is 99.9 Å². The van der Waals surface area contributed by atoms with Gasteiger partial charge >= 0.3 is 0 Å². The Morgan fingerprint density at radius 3 is 3.00 bits per heavy atom. The van der Waals surface area contributed by atoms with Crippen LogP contribution in [0.25, 0.3) is 0 Å². The number of thioether (sulfide) groups is 1. The topological polar surface area (TPSA) is 68.5 Å². The summed E-state index contributed by atoms with van der Waals surface area (Å²) in [4.78, 5) is 17.3. The van der Waals surface area contributed by atoms with Gasteiger partial charge in [-0.25, -0.2) is 0 Å². The highest BCUT2D eigenvalue weighted by Gasteiger charge is 2.26. The first-order chi connectivity index (χ1) is 7.72. The van der Waals surface area contributed by atoms with Gasteiger partial charge in [0, 0.05) is 20.1 Å². The van der Waals surface area contributed by atoms with Crippen LogP contribution < -0.4 is 5.32 Å². The summed E-state index contributed by atoms with van der Waals surface area (Å²) < 4.78 is 0. The van der Waals surface area contributed by atoms with Gasteiger partial charge in [0.05, 0.1) is 5.92 Å². The standard InChI is InChI=1S/C10H16N4OS/c1-12-9(15)8-4-3-5-14(6-8)10(16-2)13-7-11/h8H,3-6H2,1-2H3,(H,12,15). The highest BCUT2D eigenvalue weighted by atomic mass is 32.2. The van der Waals surface area contributed by atoms with Crippen molar-refractivity contribution in [2.75, 3.05) is 26.4 Å². The molecule has 0 aromatic carbocycles. The normalized spacial score (nSPS) is 21.4. The highest BCUT2D eigenvalue weighted by molar-refractivity contribution is 8.13. The minimum absolute atomic E-state index is 0.00907. The number of amides is 1. The molecule has 1 rings (SSSR count). The van der Waals surface area contributed by atoms with Crippen molar-refractivity contribution in [2.24, 2.45) is 10.9 Å². The molecule has 0 bridgehead atoms. The number of rotatable bonds is 1. The summed E-state index contributed by atoms with van der Waals surface area (Å²) in [5.74, 6) is 0.0805. The molecule has 0 saturated carbocycles. The van der Waals surface area contributed by atoms with Gasteiger partial charge < -0.3 is 10.2 Å². The highest BCUT2D eigenvalue weighted by Crippen LogP contribution is 2.19. The van der Waals surface area contributed by atoms with Gasteiger partial charge in [0.2, 0.25) is 12.1 Å². The van der Waals surface area contributed by atoms with Gasteiger partial charge in [-0.2, -0.15) is 5.26 Å². The van der Waals surface area contributed by atoms with E-state index in [0.29, 0.717) is 11.7 Å². The van der Waals surface area contributed by atoms with Crippen molar-refractivity contribution in [1.29, 1.82) is 5.26 Å². The average molecular weight is 240 g/mol. The number of nitriles is 1. The lowest BCUT2D eigenvalue weighted by atomic mass is 9.98. The number of amidine groups is 1. The third kappa shape index (κ3) is 3.14. The van der Waals surface area contributed by atoms with Crippen molar-refractivity contribution < 1.29 is 4.79 Å². The molecule has 1 aliphatic rings. The van der Waals surface area contributed by atoms with Crippen molar-refractivity contribution in [1.82, 2.24) is 10.2 Å². The van der Waals surface area contributed by atoms with E-state index < -0.39 is 0 Å². The van der Waals surface area contributed by atoms with Gasteiger partial charge in [-0.1, -0.05) is 11.8 Å². The average Bonchev–Trinajstić information content (AvgIpc) is 2.35. The first-order valence-electron chi connectivity index (χ1n) is 5.20. The Balaban J connectivity index is 2.66. The van der Waals surface area contributed by atoms with E-state index in [9.17, 15) is 4.79 Å². The summed E-state index contributed by atoms with van der Waals surface area (Å²) in [5.41, 5.74) is 0. The Hall–Kier alpha value is -1.22. The second-order valence-corrected chi connectivity index (χ2v) is 4.37. The minimum Gasteiger partial charge on any atom is -0.359 e. The van der Waals surface area contributed by atoms with Crippen molar-refractivity contribution in [3.8, 4) is 6.19 Å². The van der Waals surface area contributed by atoms with E-state index in [1.54, 1.807) is 13.2 Å². The minimum atomic E-state index is 0.00907. The number of hydrogen-bond acceptors (Lipinski definition) is 4. The van der Waals surface area contributed by atoms with Gasteiger partial charge in [0.25, 0.3) is 0 Å². The summed E-state index contributed by atoms with van der Waals surface area (Å²) in [7, 11) is 1.65. The van der Waals surface area contributed by atoms with Crippen molar-refractivity contribution in [2.45, 2.75) is 12.8 Å². The molecule has 1 amide bonds. The zero-order chi connectivity index (χ0) is 12.0. The number of piperidine rings is 1. The first kappa shape index (κ1) is 12.8. The molecule has 5 nitrogen and oxygen atoms in total. The van der Waals surface area contributed by atoms with E-state index in [0.717, 1.165) is 19.4 Å². The van der Waals surface area contributed by atoms with Gasteiger partial charge in [0.1, 0.15) is 0 Å². The fourth-order valence-corrected chi connectivity index (χ4v) is 2.41. The number of nitrogens with zero attached hydrogens (tertiary/aromatic N) is 3. The van der Waals surface area contributed by atoms with Crippen LogP contribution in [0.2, 0.25) is 0 Å². The van der Waals surface area contributed by atoms with E-state index in [2.05, 4.69) is 10.3 Å². The zero-order valence-electron chi connectivity index (χ0n) is 9.56. The first-order valence-corrected chi connectivity index (χ1v) is 6.42. The van der Waals surface area contributed by atoms with Crippen LogP contribution in [-0.2, 0) is 4.79 Å². The van der Waals surface area contributed by atoms with E-state index in [4.69, 9.17) is 5.26 Å². The fraction of sp³-hybridized carbons (Fsp3) is 0.700. The molecule has 0 aromatic heterocycles. The number of carbonyl (C=O) groups is 1. The van der Waals surface area contributed by atoms with Crippen LogP contribution in [0.1, 0.15) is 12.8 Å². The van der Waals surface area contributed by atoms with Gasteiger partial charge in [0.15, 0.2) is 5.17 Å². The monoisotopic (exact) mass is 240 g/mol. The number of likely N-dealkylation sites (tertiary alicyclic amines) is 1. The number of aliphatic imine (C=N–C) groups is 1. The molecule has 1 saturated heterocycles. The van der Waals surface area contributed by atoms with Crippen LogP contribution >= 0.6 is 11.8 Å². The van der Waals surface area contributed by atoms with Gasteiger partial charge in [-0.15, -0.1) is 4.99 Å². The summed E-state index contributed by atoms with van der Waals surface area (Å²) >= 11 is 1.44. The zero-order valence-corrected chi connectivity index (χ0v) is 10.4. The number of carbonyl (C=O) groups excluding carboxylic acids is 1. The summed E-state index contributed by atoms with van der Waals surface area (Å²) in [5, 5.41) is 11.9. The lowest BCUT2D eigenvalue weighted by Crippen LogP contribution is -2.43. The lowest BCUT2D eigenvalue weighted by Gasteiger charge is -2.32. The molecule has 0 radical (unpaired) electrons. The van der Waals surface area contributed by atoms with Crippen LogP contribution in [0, 0.1) is 17.4 Å². The predicted octanol–water partition coefficient (Wildman–Crippen LogP) is 0.644.